The summed E-state index contributed by atoms with van der Waals surface area (Å²) >= 11 is 0. The summed E-state index contributed by atoms with van der Waals surface area (Å²) in [5, 5.41) is 0. The quantitative estimate of drug-likeness (QED) is 0.926. The lowest BCUT2D eigenvalue weighted by Gasteiger charge is -2.22. The van der Waals surface area contributed by atoms with Crippen LogP contribution in [0.3, 0.4) is 0 Å². The SMILES string of the molecule is Cc1cc(C(=O)N2CC(CN)CC2C)c(C)n1C(C)c1ccccc1. The molecule has 2 heterocycles. The smallest absolute Gasteiger partial charge is 0.255 e. The van der Waals surface area contributed by atoms with Gasteiger partial charge in [-0.2, -0.15) is 0 Å². The highest BCUT2D eigenvalue weighted by Gasteiger charge is 2.33. The number of carbonyl (C=O) groups is 1. The van der Waals surface area contributed by atoms with Gasteiger partial charge in [-0.3, -0.25) is 4.79 Å². The molecule has 1 amide bonds. The molecule has 1 fully saturated rings. The number of aryl methyl sites for hydroxylation is 1. The molecule has 3 unspecified atom stereocenters. The standard InChI is InChI=1S/C21H29N3O/c1-14-10-18(12-22)13-23(14)21(25)20-11-15(2)24(17(20)4)16(3)19-8-6-5-7-9-19/h5-9,11,14,16,18H,10,12-13,22H2,1-4H3. The first-order valence-electron chi connectivity index (χ1n) is 9.18. The number of hydrogen-bond acceptors (Lipinski definition) is 2. The van der Waals surface area contributed by atoms with Gasteiger partial charge in [-0.25, -0.2) is 0 Å². The van der Waals surface area contributed by atoms with Crippen molar-refractivity contribution in [1.29, 1.82) is 0 Å². The Morgan fingerprint density at radius 1 is 1.28 bits per heavy atom. The molecule has 1 aromatic carbocycles. The number of carbonyl (C=O) groups excluding carboxylic acids is 1. The Labute approximate surface area is 150 Å². The van der Waals surface area contributed by atoms with Crippen molar-refractivity contribution in [1.82, 2.24) is 9.47 Å². The van der Waals surface area contributed by atoms with Crippen molar-refractivity contribution in [2.45, 2.75) is 46.2 Å². The van der Waals surface area contributed by atoms with E-state index in [4.69, 9.17) is 5.73 Å². The molecule has 4 heteroatoms. The van der Waals surface area contributed by atoms with Crippen molar-refractivity contribution in [3.05, 3.63) is 58.9 Å². The Hall–Kier alpha value is -2.07. The molecule has 0 aliphatic carbocycles. The van der Waals surface area contributed by atoms with Crippen LogP contribution in [0.15, 0.2) is 36.4 Å². The molecule has 1 aliphatic heterocycles. The normalized spacial score (nSPS) is 21.6. The van der Waals surface area contributed by atoms with Gasteiger partial charge < -0.3 is 15.2 Å². The van der Waals surface area contributed by atoms with Crippen LogP contribution in [-0.2, 0) is 0 Å². The second kappa shape index (κ2) is 7.04. The van der Waals surface area contributed by atoms with Gasteiger partial charge in [0.2, 0.25) is 0 Å². The minimum absolute atomic E-state index is 0.142. The van der Waals surface area contributed by atoms with Gasteiger partial charge in [0.15, 0.2) is 0 Å². The predicted octanol–water partition coefficient (Wildman–Crippen LogP) is 3.52. The average molecular weight is 339 g/mol. The number of hydrogen-bond donors (Lipinski definition) is 1. The summed E-state index contributed by atoms with van der Waals surface area (Å²) in [5.41, 5.74) is 10.1. The van der Waals surface area contributed by atoms with Crippen molar-refractivity contribution < 1.29 is 4.79 Å². The van der Waals surface area contributed by atoms with Crippen LogP contribution in [0.4, 0.5) is 0 Å². The van der Waals surface area contributed by atoms with Crippen molar-refractivity contribution in [2.24, 2.45) is 11.7 Å². The maximum Gasteiger partial charge on any atom is 0.255 e. The molecule has 1 aliphatic rings. The van der Waals surface area contributed by atoms with Crippen LogP contribution < -0.4 is 5.73 Å². The summed E-state index contributed by atoms with van der Waals surface area (Å²) in [4.78, 5) is 15.1. The molecule has 2 N–H and O–H groups in total. The third-order valence-electron chi connectivity index (χ3n) is 5.64. The molecule has 0 bridgehead atoms. The van der Waals surface area contributed by atoms with Crippen molar-refractivity contribution >= 4 is 5.91 Å². The van der Waals surface area contributed by atoms with Gasteiger partial charge in [-0.1, -0.05) is 30.3 Å². The number of aromatic nitrogens is 1. The van der Waals surface area contributed by atoms with Gasteiger partial charge in [-0.15, -0.1) is 0 Å². The van der Waals surface area contributed by atoms with Crippen LogP contribution in [0.5, 0.6) is 0 Å². The molecule has 0 spiro atoms. The monoisotopic (exact) mass is 339 g/mol. The van der Waals surface area contributed by atoms with E-state index in [1.807, 2.05) is 17.0 Å². The Balaban J connectivity index is 1.91. The van der Waals surface area contributed by atoms with E-state index < -0.39 is 0 Å². The molecule has 1 saturated heterocycles. The van der Waals surface area contributed by atoms with E-state index in [1.165, 1.54) is 5.56 Å². The molecule has 25 heavy (non-hydrogen) atoms. The summed E-state index contributed by atoms with van der Waals surface area (Å²) in [7, 11) is 0. The van der Waals surface area contributed by atoms with Crippen LogP contribution in [-0.4, -0.2) is 34.5 Å². The van der Waals surface area contributed by atoms with E-state index in [9.17, 15) is 4.79 Å². The molecular formula is C21H29N3O. The topological polar surface area (TPSA) is 51.3 Å². The average Bonchev–Trinajstić information content (AvgIpc) is 3.14. The second-order valence-electron chi connectivity index (χ2n) is 7.39. The molecule has 0 saturated carbocycles. The zero-order valence-corrected chi connectivity index (χ0v) is 15.7. The fourth-order valence-electron chi connectivity index (χ4n) is 4.22. The van der Waals surface area contributed by atoms with Crippen LogP contribution in [0.25, 0.3) is 0 Å². The van der Waals surface area contributed by atoms with E-state index in [2.05, 4.69) is 56.5 Å². The van der Waals surface area contributed by atoms with E-state index in [0.29, 0.717) is 12.5 Å². The van der Waals surface area contributed by atoms with Crippen molar-refractivity contribution in [2.75, 3.05) is 13.1 Å². The number of likely N-dealkylation sites (tertiary alicyclic amines) is 1. The third kappa shape index (κ3) is 3.23. The molecule has 134 valence electrons. The van der Waals surface area contributed by atoms with Crippen LogP contribution in [0.2, 0.25) is 0 Å². The summed E-state index contributed by atoms with van der Waals surface area (Å²) in [6.07, 6.45) is 1.00. The molecule has 1 aromatic heterocycles. The third-order valence-corrected chi connectivity index (χ3v) is 5.64. The summed E-state index contributed by atoms with van der Waals surface area (Å²) in [5.74, 6) is 0.564. The van der Waals surface area contributed by atoms with Gasteiger partial charge in [0.1, 0.15) is 0 Å². The minimum atomic E-state index is 0.142. The predicted molar refractivity (Wildman–Crippen MR) is 102 cm³/mol. The van der Waals surface area contributed by atoms with Crippen LogP contribution >= 0.6 is 0 Å². The van der Waals surface area contributed by atoms with Gasteiger partial charge in [0.05, 0.1) is 11.6 Å². The lowest BCUT2D eigenvalue weighted by molar-refractivity contribution is 0.0742. The zero-order chi connectivity index (χ0) is 18.1. The van der Waals surface area contributed by atoms with E-state index >= 15 is 0 Å². The maximum absolute atomic E-state index is 13.1. The van der Waals surface area contributed by atoms with Gasteiger partial charge in [0, 0.05) is 24.0 Å². The number of rotatable bonds is 4. The molecule has 0 radical (unpaired) electrons. The number of nitrogens with two attached hydrogens (primary N) is 1. The van der Waals surface area contributed by atoms with E-state index in [0.717, 1.165) is 29.9 Å². The zero-order valence-electron chi connectivity index (χ0n) is 15.7. The lowest BCUT2D eigenvalue weighted by atomic mass is 10.1. The van der Waals surface area contributed by atoms with Crippen LogP contribution in [0, 0.1) is 19.8 Å². The van der Waals surface area contributed by atoms with E-state index in [-0.39, 0.29) is 18.0 Å². The highest BCUT2D eigenvalue weighted by atomic mass is 16.2. The van der Waals surface area contributed by atoms with Gasteiger partial charge in [-0.05, 0) is 58.2 Å². The molecule has 3 rings (SSSR count). The summed E-state index contributed by atoms with van der Waals surface area (Å²) in [6.45, 7) is 9.87. The Kier molecular flexibility index (Phi) is 5.00. The highest BCUT2D eigenvalue weighted by Crippen LogP contribution is 2.29. The second-order valence-corrected chi connectivity index (χ2v) is 7.39. The first-order valence-corrected chi connectivity index (χ1v) is 9.18. The van der Waals surface area contributed by atoms with Gasteiger partial charge >= 0.3 is 0 Å². The summed E-state index contributed by atoms with van der Waals surface area (Å²) in [6, 6.07) is 12.9. The first-order chi connectivity index (χ1) is 11.9. The van der Waals surface area contributed by atoms with E-state index in [1.54, 1.807) is 0 Å². The minimum Gasteiger partial charge on any atom is -0.341 e. The number of amides is 1. The molecule has 3 atom stereocenters. The molecule has 2 aromatic rings. The number of benzene rings is 1. The van der Waals surface area contributed by atoms with Gasteiger partial charge in [0.25, 0.3) is 5.91 Å². The largest absolute Gasteiger partial charge is 0.341 e. The first kappa shape index (κ1) is 17.7. The Morgan fingerprint density at radius 3 is 2.56 bits per heavy atom. The molecule has 4 nitrogen and oxygen atoms in total. The highest BCUT2D eigenvalue weighted by molar-refractivity contribution is 5.96. The fraction of sp³-hybridized carbons (Fsp3) is 0.476. The van der Waals surface area contributed by atoms with Crippen molar-refractivity contribution in [3.8, 4) is 0 Å². The lowest BCUT2D eigenvalue weighted by Crippen LogP contribution is -2.34. The number of nitrogens with zero attached hydrogens (tertiary/aromatic N) is 2. The Bertz CT molecular complexity index is 750. The Morgan fingerprint density at radius 2 is 1.96 bits per heavy atom. The fourth-order valence-corrected chi connectivity index (χ4v) is 4.22. The maximum atomic E-state index is 13.1. The van der Waals surface area contributed by atoms with Crippen molar-refractivity contribution in [3.63, 3.8) is 0 Å². The van der Waals surface area contributed by atoms with Crippen LogP contribution in [0.1, 0.15) is 53.6 Å². The summed E-state index contributed by atoms with van der Waals surface area (Å²) < 4.78 is 2.27. The molecular weight excluding hydrogens is 310 g/mol.